The van der Waals surface area contributed by atoms with Crippen LogP contribution in [0.15, 0.2) is 84.9 Å². The highest BCUT2D eigenvalue weighted by molar-refractivity contribution is 5.91. The lowest BCUT2D eigenvalue weighted by atomic mass is 9.89. The van der Waals surface area contributed by atoms with Gasteiger partial charge in [0.2, 0.25) is 0 Å². The van der Waals surface area contributed by atoms with Crippen LogP contribution in [0.3, 0.4) is 0 Å². The number of ether oxygens (including phenoxy) is 1. The maximum absolute atomic E-state index is 5.99. The van der Waals surface area contributed by atoms with Crippen molar-refractivity contribution in [3.05, 3.63) is 102 Å². The molecule has 4 rings (SSSR count). The molecule has 0 spiro atoms. The normalized spacial score (nSPS) is 15.1. The molecule has 2 heteroatoms. The largest absolute Gasteiger partial charge is 0.478 e. The third kappa shape index (κ3) is 5.20. The van der Waals surface area contributed by atoms with Crippen molar-refractivity contribution in [1.29, 1.82) is 0 Å². The minimum Gasteiger partial charge on any atom is -0.478 e. The van der Waals surface area contributed by atoms with Crippen molar-refractivity contribution < 1.29 is 4.74 Å². The molecule has 0 bridgehead atoms. The zero-order chi connectivity index (χ0) is 20.6. The zero-order valence-corrected chi connectivity index (χ0v) is 17.9. The fraction of sp³-hybridized carbons (Fsp3) is 0.286. The van der Waals surface area contributed by atoms with E-state index in [1.54, 1.807) is 0 Å². The molecule has 1 saturated heterocycles. The summed E-state index contributed by atoms with van der Waals surface area (Å²) in [5.74, 6) is 0.953. The minimum absolute atomic E-state index is 0.697. The Bertz CT molecular complexity index is 939. The number of hydrogen-bond acceptors (Lipinski definition) is 2. The van der Waals surface area contributed by atoms with Gasteiger partial charge in [-0.3, -0.25) is 4.90 Å². The van der Waals surface area contributed by atoms with E-state index in [4.69, 9.17) is 4.74 Å². The number of rotatable bonds is 8. The van der Waals surface area contributed by atoms with Crippen LogP contribution < -0.4 is 4.74 Å². The van der Waals surface area contributed by atoms with Crippen LogP contribution in [0.25, 0.3) is 11.1 Å². The molecule has 0 unspecified atom stereocenters. The SMILES string of the molecule is CC/C(=C(/Cc1ccc(OCN2CCCC2)cc1)c1ccccc1)c1ccccc1. The molecular weight excluding hydrogens is 366 g/mol. The first-order valence-corrected chi connectivity index (χ1v) is 11.1. The van der Waals surface area contributed by atoms with Gasteiger partial charge in [0.05, 0.1) is 0 Å². The van der Waals surface area contributed by atoms with Crippen molar-refractivity contribution in [3.63, 3.8) is 0 Å². The molecule has 1 aliphatic heterocycles. The Labute approximate surface area is 180 Å². The summed E-state index contributed by atoms with van der Waals surface area (Å²) in [5, 5.41) is 0. The molecule has 0 atom stereocenters. The Morgan fingerprint density at radius 2 is 1.30 bits per heavy atom. The van der Waals surface area contributed by atoms with Gasteiger partial charge in [-0.25, -0.2) is 0 Å². The van der Waals surface area contributed by atoms with Crippen LogP contribution in [0.4, 0.5) is 0 Å². The lowest BCUT2D eigenvalue weighted by Gasteiger charge is -2.17. The Morgan fingerprint density at radius 1 is 0.733 bits per heavy atom. The average Bonchev–Trinajstić information content (AvgIpc) is 3.33. The van der Waals surface area contributed by atoms with Gasteiger partial charge in [-0.2, -0.15) is 0 Å². The number of hydrogen-bond donors (Lipinski definition) is 0. The van der Waals surface area contributed by atoms with Gasteiger partial charge in [0.1, 0.15) is 12.5 Å². The third-order valence-corrected chi connectivity index (χ3v) is 5.88. The van der Waals surface area contributed by atoms with Crippen LogP contribution >= 0.6 is 0 Å². The van der Waals surface area contributed by atoms with Crippen LogP contribution in [0, 0.1) is 0 Å². The van der Waals surface area contributed by atoms with E-state index in [0.717, 1.165) is 31.7 Å². The molecule has 2 nitrogen and oxygen atoms in total. The molecular formula is C28H31NO. The molecule has 3 aromatic rings. The Hall–Kier alpha value is -2.84. The molecule has 0 aromatic heterocycles. The van der Waals surface area contributed by atoms with Crippen LogP contribution in [-0.4, -0.2) is 24.7 Å². The molecule has 0 N–H and O–H groups in total. The summed E-state index contributed by atoms with van der Waals surface area (Å²) in [5.41, 5.74) is 6.73. The van der Waals surface area contributed by atoms with Gasteiger partial charge in [-0.05, 0) is 65.7 Å². The lowest BCUT2D eigenvalue weighted by molar-refractivity contribution is 0.152. The van der Waals surface area contributed by atoms with Crippen molar-refractivity contribution in [3.8, 4) is 5.75 Å². The number of allylic oxidation sites excluding steroid dienone is 2. The average molecular weight is 398 g/mol. The summed E-state index contributed by atoms with van der Waals surface area (Å²) in [6.07, 6.45) is 4.50. The molecule has 1 fully saturated rings. The quantitative estimate of drug-likeness (QED) is 0.393. The number of nitrogens with zero attached hydrogens (tertiary/aromatic N) is 1. The first-order chi connectivity index (χ1) is 14.8. The van der Waals surface area contributed by atoms with Gasteiger partial charge in [0.15, 0.2) is 0 Å². The summed E-state index contributed by atoms with van der Waals surface area (Å²) in [4.78, 5) is 2.37. The molecule has 154 valence electrons. The van der Waals surface area contributed by atoms with Gasteiger partial charge >= 0.3 is 0 Å². The summed E-state index contributed by atoms with van der Waals surface area (Å²) in [7, 11) is 0. The summed E-state index contributed by atoms with van der Waals surface area (Å²) in [6.45, 7) is 5.26. The molecule has 0 amide bonds. The molecule has 1 aliphatic rings. The highest BCUT2D eigenvalue weighted by Gasteiger charge is 2.13. The Balaban J connectivity index is 1.57. The third-order valence-electron chi connectivity index (χ3n) is 5.88. The topological polar surface area (TPSA) is 12.5 Å². The van der Waals surface area contributed by atoms with Gasteiger partial charge in [0, 0.05) is 13.1 Å². The second-order valence-electron chi connectivity index (χ2n) is 7.96. The van der Waals surface area contributed by atoms with Crippen LogP contribution in [-0.2, 0) is 6.42 Å². The predicted octanol–water partition coefficient (Wildman–Crippen LogP) is 6.68. The monoisotopic (exact) mass is 397 g/mol. The van der Waals surface area contributed by atoms with Gasteiger partial charge < -0.3 is 4.74 Å². The molecule has 0 saturated carbocycles. The fourth-order valence-corrected chi connectivity index (χ4v) is 4.24. The molecule has 0 radical (unpaired) electrons. The van der Waals surface area contributed by atoms with E-state index in [-0.39, 0.29) is 0 Å². The first kappa shape index (κ1) is 20.4. The second-order valence-corrected chi connectivity index (χ2v) is 7.96. The highest BCUT2D eigenvalue weighted by atomic mass is 16.5. The predicted molar refractivity (Wildman–Crippen MR) is 126 cm³/mol. The van der Waals surface area contributed by atoms with E-state index >= 15 is 0 Å². The van der Waals surface area contributed by atoms with Crippen LogP contribution in [0.5, 0.6) is 5.75 Å². The van der Waals surface area contributed by atoms with E-state index < -0.39 is 0 Å². The fourth-order valence-electron chi connectivity index (χ4n) is 4.24. The van der Waals surface area contributed by atoms with E-state index in [1.807, 2.05) is 0 Å². The maximum atomic E-state index is 5.99. The molecule has 0 aliphatic carbocycles. The number of benzene rings is 3. The maximum Gasteiger partial charge on any atom is 0.142 e. The van der Waals surface area contributed by atoms with Crippen LogP contribution in [0.2, 0.25) is 0 Å². The molecule has 3 aromatic carbocycles. The van der Waals surface area contributed by atoms with Crippen molar-refractivity contribution in [2.75, 3.05) is 19.8 Å². The standard InChI is InChI=1S/C28H31NO/c1-2-27(24-11-5-3-6-12-24)28(25-13-7-4-8-14-25)21-23-15-17-26(18-16-23)30-22-29-19-9-10-20-29/h3-8,11-18H,2,9-10,19-22H2,1H3/b28-27+. The lowest BCUT2D eigenvalue weighted by Crippen LogP contribution is -2.24. The zero-order valence-electron chi connectivity index (χ0n) is 17.9. The van der Waals surface area contributed by atoms with Crippen molar-refractivity contribution in [1.82, 2.24) is 4.90 Å². The second kappa shape index (κ2) is 10.3. The van der Waals surface area contributed by atoms with E-state index in [9.17, 15) is 0 Å². The van der Waals surface area contributed by atoms with Crippen LogP contribution in [0.1, 0.15) is 42.9 Å². The van der Waals surface area contributed by atoms with Gasteiger partial charge in [-0.15, -0.1) is 0 Å². The van der Waals surface area contributed by atoms with E-state index in [1.165, 1.54) is 40.7 Å². The van der Waals surface area contributed by atoms with Crippen molar-refractivity contribution in [2.24, 2.45) is 0 Å². The summed E-state index contributed by atoms with van der Waals surface area (Å²) in [6, 6.07) is 30.2. The number of likely N-dealkylation sites (tertiary alicyclic amines) is 1. The Morgan fingerprint density at radius 3 is 1.87 bits per heavy atom. The van der Waals surface area contributed by atoms with Crippen molar-refractivity contribution in [2.45, 2.75) is 32.6 Å². The summed E-state index contributed by atoms with van der Waals surface area (Å²) >= 11 is 0. The van der Waals surface area contributed by atoms with E-state index in [2.05, 4.69) is 96.8 Å². The summed E-state index contributed by atoms with van der Waals surface area (Å²) < 4.78 is 5.99. The highest BCUT2D eigenvalue weighted by Crippen LogP contribution is 2.32. The first-order valence-electron chi connectivity index (χ1n) is 11.1. The smallest absolute Gasteiger partial charge is 0.142 e. The van der Waals surface area contributed by atoms with Gasteiger partial charge in [-0.1, -0.05) is 79.7 Å². The minimum atomic E-state index is 0.697. The van der Waals surface area contributed by atoms with E-state index in [0.29, 0.717) is 6.73 Å². The molecule has 30 heavy (non-hydrogen) atoms. The van der Waals surface area contributed by atoms with Crippen molar-refractivity contribution >= 4 is 11.1 Å². The van der Waals surface area contributed by atoms with Gasteiger partial charge in [0.25, 0.3) is 0 Å². The Kier molecular flexibility index (Phi) is 6.99. The molecule has 1 heterocycles.